The second-order valence-corrected chi connectivity index (χ2v) is 6.32. The van der Waals surface area contributed by atoms with E-state index in [0.717, 1.165) is 6.42 Å². The standard InChI is InChI=1S/C16H20N2S/c1-11-7-3-4-8-12(11)15(17-2)16-18-13-9-5-6-10-14(13)19-16/h3-4,7-8,15,17H,5-6,9-10H2,1-2H3. The third-order valence-electron chi connectivity index (χ3n) is 3.90. The predicted octanol–water partition coefficient (Wildman–Crippen LogP) is 3.64. The van der Waals surface area contributed by atoms with Crippen LogP contribution >= 0.6 is 11.3 Å². The Morgan fingerprint density at radius 3 is 2.74 bits per heavy atom. The summed E-state index contributed by atoms with van der Waals surface area (Å²) in [4.78, 5) is 6.40. The van der Waals surface area contributed by atoms with E-state index in [1.54, 1.807) is 0 Å². The first-order valence-corrected chi connectivity index (χ1v) is 7.82. The number of hydrogen-bond donors (Lipinski definition) is 1. The van der Waals surface area contributed by atoms with E-state index in [0.29, 0.717) is 0 Å². The number of benzene rings is 1. The molecular formula is C16H20N2S. The molecule has 19 heavy (non-hydrogen) atoms. The summed E-state index contributed by atoms with van der Waals surface area (Å²) in [5.41, 5.74) is 4.02. The van der Waals surface area contributed by atoms with Gasteiger partial charge < -0.3 is 5.32 Å². The molecule has 0 amide bonds. The highest BCUT2D eigenvalue weighted by molar-refractivity contribution is 7.11. The number of thiazole rings is 1. The van der Waals surface area contributed by atoms with Gasteiger partial charge in [0.05, 0.1) is 11.7 Å². The van der Waals surface area contributed by atoms with Crippen molar-refractivity contribution in [3.05, 3.63) is 51.0 Å². The van der Waals surface area contributed by atoms with Crippen LogP contribution in [0.2, 0.25) is 0 Å². The second-order valence-electron chi connectivity index (χ2n) is 5.21. The Morgan fingerprint density at radius 2 is 2.00 bits per heavy atom. The summed E-state index contributed by atoms with van der Waals surface area (Å²) >= 11 is 1.90. The molecule has 1 aromatic carbocycles. The molecule has 3 heteroatoms. The fraction of sp³-hybridized carbons (Fsp3) is 0.438. The van der Waals surface area contributed by atoms with Crippen molar-refractivity contribution in [2.75, 3.05) is 7.05 Å². The van der Waals surface area contributed by atoms with E-state index in [2.05, 4.69) is 36.5 Å². The second kappa shape index (κ2) is 5.43. The van der Waals surface area contributed by atoms with Crippen LogP contribution in [-0.4, -0.2) is 12.0 Å². The van der Waals surface area contributed by atoms with E-state index < -0.39 is 0 Å². The molecular weight excluding hydrogens is 252 g/mol. The van der Waals surface area contributed by atoms with Crippen molar-refractivity contribution >= 4 is 11.3 Å². The van der Waals surface area contributed by atoms with E-state index in [1.165, 1.54) is 46.0 Å². The van der Waals surface area contributed by atoms with Gasteiger partial charge in [0.15, 0.2) is 0 Å². The molecule has 0 saturated carbocycles. The molecule has 1 atom stereocenters. The number of rotatable bonds is 3. The highest BCUT2D eigenvalue weighted by Crippen LogP contribution is 2.33. The summed E-state index contributed by atoms with van der Waals surface area (Å²) in [6, 6.07) is 8.82. The summed E-state index contributed by atoms with van der Waals surface area (Å²) in [6.45, 7) is 2.17. The van der Waals surface area contributed by atoms with Crippen molar-refractivity contribution < 1.29 is 0 Å². The SMILES string of the molecule is CNC(c1nc2c(s1)CCCC2)c1ccccc1C. The Labute approximate surface area is 118 Å². The quantitative estimate of drug-likeness (QED) is 0.922. The zero-order valence-electron chi connectivity index (χ0n) is 11.6. The molecule has 0 radical (unpaired) electrons. The van der Waals surface area contributed by atoms with Crippen LogP contribution in [0.3, 0.4) is 0 Å². The van der Waals surface area contributed by atoms with Gasteiger partial charge in [-0.15, -0.1) is 11.3 Å². The molecule has 1 aromatic heterocycles. The molecule has 3 rings (SSSR count). The highest BCUT2D eigenvalue weighted by atomic mass is 32.1. The number of fused-ring (bicyclic) bond motifs is 1. The number of aromatic nitrogens is 1. The first-order chi connectivity index (χ1) is 9.29. The maximum absolute atomic E-state index is 4.90. The van der Waals surface area contributed by atoms with Gasteiger partial charge in [-0.2, -0.15) is 0 Å². The van der Waals surface area contributed by atoms with Crippen LogP contribution in [0.5, 0.6) is 0 Å². The summed E-state index contributed by atoms with van der Waals surface area (Å²) < 4.78 is 0. The van der Waals surface area contributed by atoms with Crippen molar-refractivity contribution in [1.82, 2.24) is 10.3 Å². The molecule has 0 bridgehead atoms. The van der Waals surface area contributed by atoms with Gasteiger partial charge in [-0.1, -0.05) is 24.3 Å². The number of nitrogens with zero attached hydrogens (tertiary/aromatic N) is 1. The van der Waals surface area contributed by atoms with Crippen molar-refractivity contribution in [1.29, 1.82) is 0 Å². The largest absolute Gasteiger partial charge is 0.307 e. The van der Waals surface area contributed by atoms with Gasteiger partial charge >= 0.3 is 0 Å². The lowest BCUT2D eigenvalue weighted by atomic mass is 10.0. The average Bonchev–Trinajstić information content (AvgIpc) is 2.85. The Balaban J connectivity index is 1.98. The minimum atomic E-state index is 0.233. The van der Waals surface area contributed by atoms with Gasteiger partial charge in [-0.05, 0) is 50.8 Å². The Kier molecular flexibility index (Phi) is 3.67. The van der Waals surface area contributed by atoms with E-state index >= 15 is 0 Å². The first-order valence-electron chi connectivity index (χ1n) is 7.01. The molecule has 1 aliphatic rings. The van der Waals surface area contributed by atoms with E-state index in [-0.39, 0.29) is 6.04 Å². The Hall–Kier alpha value is -1.19. The topological polar surface area (TPSA) is 24.9 Å². The van der Waals surface area contributed by atoms with Crippen LogP contribution in [0.25, 0.3) is 0 Å². The average molecular weight is 272 g/mol. The molecule has 2 aromatic rings. The summed E-state index contributed by atoms with van der Waals surface area (Å²) in [7, 11) is 2.03. The monoisotopic (exact) mass is 272 g/mol. The van der Waals surface area contributed by atoms with E-state index in [9.17, 15) is 0 Å². The highest BCUT2D eigenvalue weighted by Gasteiger charge is 2.21. The maximum Gasteiger partial charge on any atom is 0.115 e. The van der Waals surface area contributed by atoms with Gasteiger partial charge in [0, 0.05) is 4.88 Å². The van der Waals surface area contributed by atoms with Crippen LogP contribution < -0.4 is 5.32 Å². The fourth-order valence-corrected chi connectivity index (χ4v) is 4.10. The maximum atomic E-state index is 4.90. The Bertz CT molecular complexity index is 550. The van der Waals surface area contributed by atoms with Gasteiger partial charge in [0.25, 0.3) is 0 Å². The number of hydrogen-bond acceptors (Lipinski definition) is 3. The zero-order valence-corrected chi connectivity index (χ0v) is 12.4. The third kappa shape index (κ3) is 2.45. The minimum absolute atomic E-state index is 0.233. The smallest absolute Gasteiger partial charge is 0.115 e. The minimum Gasteiger partial charge on any atom is -0.307 e. The van der Waals surface area contributed by atoms with Gasteiger partial charge in [0.2, 0.25) is 0 Å². The number of aryl methyl sites for hydroxylation is 3. The number of nitrogens with one attached hydrogen (secondary N) is 1. The van der Waals surface area contributed by atoms with E-state index in [4.69, 9.17) is 4.98 Å². The molecule has 1 aliphatic carbocycles. The van der Waals surface area contributed by atoms with Crippen LogP contribution in [0.4, 0.5) is 0 Å². The summed E-state index contributed by atoms with van der Waals surface area (Å²) in [5.74, 6) is 0. The lowest BCUT2D eigenvalue weighted by Crippen LogP contribution is -2.18. The van der Waals surface area contributed by atoms with E-state index in [1.807, 2.05) is 18.4 Å². The molecule has 0 saturated heterocycles. The Morgan fingerprint density at radius 1 is 1.21 bits per heavy atom. The zero-order chi connectivity index (χ0) is 13.2. The molecule has 1 heterocycles. The van der Waals surface area contributed by atoms with Gasteiger partial charge in [0.1, 0.15) is 5.01 Å². The third-order valence-corrected chi connectivity index (χ3v) is 5.12. The van der Waals surface area contributed by atoms with Gasteiger partial charge in [-0.25, -0.2) is 4.98 Å². The van der Waals surface area contributed by atoms with Crippen LogP contribution in [-0.2, 0) is 12.8 Å². The molecule has 100 valence electrons. The normalized spacial score (nSPS) is 16.1. The first kappa shape index (κ1) is 12.8. The van der Waals surface area contributed by atoms with Gasteiger partial charge in [-0.3, -0.25) is 0 Å². The molecule has 1 unspecified atom stereocenters. The van der Waals surface area contributed by atoms with Crippen molar-refractivity contribution in [2.24, 2.45) is 0 Å². The lowest BCUT2D eigenvalue weighted by molar-refractivity contribution is 0.659. The van der Waals surface area contributed by atoms with Crippen LogP contribution in [0, 0.1) is 6.92 Å². The fourth-order valence-electron chi connectivity index (χ4n) is 2.82. The molecule has 2 nitrogen and oxygen atoms in total. The van der Waals surface area contributed by atoms with Crippen LogP contribution in [0.1, 0.15) is 45.6 Å². The summed E-state index contributed by atoms with van der Waals surface area (Å²) in [6.07, 6.45) is 5.00. The predicted molar refractivity (Wildman–Crippen MR) is 80.8 cm³/mol. The van der Waals surface area contributed by atoms with Crippen molar-refractivity contribution in [3.63, 3.8) is 0 Å². The molecule has 1 N–H and O–H groups in total. The van der Waals surface area contributed by atoms with Crippen molar-refractivity contribution in [2.45, 2.75) is 38.6 Å². The summed E-state index contributed by atoms with van der Waals surface area (Å²) in [5, 5.41) is 4.66. The molecule has 0 spiro atoms. The van der Waals surface area contributed by atoms with Crippen molar-refractivity contribution in [3.8, 4) is 0 Å². The molecule has 0 fully saturated rings. The lowest BCUT2D eigenvalue weighted by Gasteiger charge is -2.16. The molecule has 0 aliphatic heterocycles. The van der Waals surface area contributed by atoms with Crippen LogP contribution in [0.15, 0.2) is 24.3 Å².